The number of rotatable bonds is 4. The van der Waals surface area contributed by atoms with Crippen LogP contribution in [0, 0.1) is 0 Å². The third-order valence-electron chi connectivity index (χ3n) is 3.63. The van der Waals surface area contributed by atoms with Crippen molar-refractivity contribution < 1.29 is 9.53 Å². The Bertz CT molecular complexity index is 657. The molecular weight excluding hydrogens is 330 g/mol. The Labute approximate surface area is 132 Å². The highest BCUT2D eigenvalue weighted by Gasteiger charge is 2.23. The first kappa shape index (κ1) is 14.1. The summed E-state index contributed by atoms with van der Waals surface area (Å²) >= 11 is 3.38. The van der Waals surface area contributed by atoms with E-state index in [2.05, 4.69) is 33.4 Å². The number of aryl methyl sites for hydroxylation is 1. The number of benzene rings is 2. The first-order valence-electron chi connectivity index (χ1n) is 6.98. The molecule has 3 rings (SSSR count). The Hall–Kier alpha value is -1.81. The van der Waals surface area contributed by atoms with E-state index in [0.29, 0.717) is 5.75 Å². The molecule has 0 aromatic heterocycles. The summed E-state index contributed by atoms with van der Waals surface area (Å²) in [4.78, 5) is 12.0. The van der Waals surface area contributed by atoms with Crippen molar-refractivity contribution in [2.75, 3.05) is 6.61 Å². The predicted molar refractivity (Wildman–Crippen MR) is 85.3 cm³/mol. The van der Waals surface area contributed by atoms with Crippen LogP contribution >= 0.6 is 15.9 Å². The summed E-state index contributed by atoms with van der Waals surface area (Å²) in [6, 6.07) is 15.9. The maximum Gasteiger partial charge on any atom is 0.258 e. The van der Waals surface area contributed by atoms with E-state index in [1.165, 1.54) is 11.1 Å². The van der Waals surface area contributed by atoms with Gasteiger partial charge in [-0.2, -0.15) is 0 Å². The molecule has 108 valence electrons. The molecule has 4 heteroatoms. The number of amides is 1. The molecule has 1 atom stereocenters. The molecular formula is C17H16BrNO2. The molecule has 0 heterocycles. The van der Waals surface area contributed by atoms with Gasteiger partial charge in [-0.15, -0.1) is 0 Å². The molecule has 1 amide bonds. The molecule has 1 aliphatic carbocycles. The normalized spacial score (nSPS) is 16.3. The van der Waals surface area contributed by atoms with Gasteiger partial charge < -0.3 is 10.1 Å². The Morgan fingerprint density at radius 1 is 1.24 bits per heavy atom. The first-order chi connectivity index (χ1) is 10.2. The largest absolute Gasteiger partial charge is 0.484 e. The van der Waals surface area contributed by atoms with Gasteiger partial charge >= 0.3 is 0 Å². The molecule has 1 aliphatic rings. The highest BCUT2D eigenvalue weighted by Crippen LogP contribution is 2.30. The van der Waals surface area contributed by atoms with Gasteiger partial charge in [-0.1, -0.05) is 46.3 Å². The maximum atomic E-state index is 12.0. The summed E-state index contributed by atoms with van der Waals surface area (Å²) in [7, 11) is 0. The Morgan fingerprint density at radius 3 is 2.95 bits per heavy atom. The van der Waals surface area contributed by atoms with Gasteiger partial charge in [-0.05, 0) is 42.2 Å². The number of carbonyl (C=O) groups is 1. The Morgan fingerprint density at radius 2 is 2.10 bits per heavy atom. The molecule has 0 bridgehead atoms. The summed E-state index contributed by atoms with van der Waals surface area (Å²) < 4.78 is 6.44. The highest BCUT2D eigenvalue weighted by atomic mass is 79.9. The summed E-state index contributed by atoms with van der Waals surface area (Å²) in [6.07, 6.45) is 1.98. The van der Waals surface area contributed by atoms with Crippen LogP contribution in [0.3, 0.4) is 0 Å². The van der Waals surface area contributed by atoms with Crippen molar-refractivity contribution in [3.63, 3.8) is 0 Å². The molecule has 3 nitrogen and oxygen atoms in total. The second kappa shape index (κ2) is 6.31. The molecule has 0 fully saturated rings. The predicted octanol–water partition coefficient (Wildman–Crippen LogP) is 3.63. The van der Waals surface area contributed by atoms with Crippen LogP contribution < -0.4 is 10.1 Å². The van der Waals surface area contributed by atoms with E-state index in [1.54, 1.807) is 0 Å². The lowest BCUT2D eigenvalue weighted by Gasteiger charge is -2.14. The molecule has 0 spiro atoms. The molecule has 0 saturated carbocycles. The molecule has 1 unspecified atom stereocenters. The van der Waals surface area contributed by atoms with E-state index < -0.39 is 0 Å². The van der Waals surface area contributed by atoms with Gasteiger partial charge in [0.25, 0.3) is 5.91 Å². The van der Waals surface area contributed by atoms with Crippen molar-refractivity contribution in [1.82, 2.24) is 5.32 Å². The standard InChI is InChI=1S/C17H16BrNO2/c18-13-5-3-6-14(10-13)21-11-17(20)19-16-9-8-12-4-1-2-7-15(12)16/h1-7,10,16H,8-9,11H2,(H,19,20). The van der Waals surface area contributed by atoms with Crippen LogP contribution in [0.2, 0.25) is 0 Å². The SMILES string of the molecule is O=C(COc1cccc(Br)c1)NC1CCc2ccccc21. The molecule has 0 aliphatic heterocycles. The van der Waals surface area contributed by atoms with Crippen LogP contribution in [0.25, 0.3) is 0 Å². The molecule has 1 N–H and O–H groups in total. The molecule has 0 saturated heterocycles. The first-order valence-corrected chi connectivity index (χ1v) is 7.77. The van der Waals surface area contributed by atoms with E-state index >= 15 is 0 Å². The minimum Gasteiger partial charge on any atom is -0.484 e. The van der Waals surface area contributed by atoms with E-state index in [-0.39, 0.29) is 18.6 Å². The average Bonchev–Trinajstić information content (AvgIpc) is 2.89. The van der Waals surface area contributed by atoms with E-state index in [9.17, 15) is 4.79 Å². The summed E-state index contributed by atoms with van der Waals surface area (Å²) in [5, 5.41) is 3.04. The molecule has 2 aromatic carbocycles. The minimum atomic E-state index is -0.0864. The number of nitrogens with one attached hydrogen (secondary N) is 1. The van der Waals surface area contributed by atoms with Gasteiger partial charge in [-0.3, -0.25) is 4.79 Å². The fourth-order valence-electron chi connectivity index (χ4n) is 2.65. The number of hydrogen-bond donors (Lipinski definition) is 1. The van der Waals surface area contributed by atoms with Crippen LogP contribution in [0.1, 0.15) is 23.6 Å². The van der Waals surface area contributed by atoms with E-state index in [1.807, 2.05) is 36.4 Å². The van der Waals surface area contributed by atoms with Crippen LogP contribution in [-0.4, -0.2) is 12.5 Å². The van der Waals surface area contributed by atoms with Gasteiger partial charge in [0.2, 0.25) is 0 Å². The van der Waals surface area contributed by atoms with E-state index in [4.69, 9.17) is 4.74 Å². The number of ether oxygens (including phenoxy) is 1. The van der Waals surface area contributed by atoms with Crippen molar-refractivity contribution in [1.29, 1.82) is 0 Å². The topological polar surface area (TPSA) is 38.3 Å². The second-order valence-electron chi connectivity index (χ2n) is 5.10. The Kier molecular flexibility index (Phi) is 4.25. The van der Waals surface area contributed by atoms with Crippen molar-refractivity contribution >= 4 is 21.8 Å². The van der Waals surface area contributed by atoms with Gasteiger partial charge in [0, 0.05) is 4.47 Å². The number of halogens is 1. The molecule has 21 heavy (non-hydrogen) atoms. The zero-order chi connectivity index (χ0) is 14.7. The quantitative estimate of drug-likeness (QED) is 0.918. The molecule has 2 aromatic rings. The number of carbonyl (C=O) groups excluding carboxylic acids is 1. The average molecular weight is 346 g/mol. The molecule has 0 radical (unpaired) electrons. The third-order valence-corrected chi connectivity index (χ3v) is 4.13. The Balaban J connectivity index is 1.56. The minimum absolute atomic E-state index is 0.0368. The third kappa shape index (κ3) is 3.45. The zero-order valence-electron chi connectivity index (χ0n) is 11.5. The van der Waals surface area contributed by atoms with Crippen molar-refractivity contribution in [2.24, 2.45) is 0 Å². The van der Waals surface area contributed by atoms with Gasteiger partial charge in [0.05, 0.1) is 6.04 Å². The number of hydrogen-bond acceptors (Lipinski definition) is 2. The van der Waals surface area contributed by atoms with E-state index in [0.717, 1.165) is 17.3 Å². The zero-order valence-corrected chi connectivity index (χ0v) is 13.1. The highest BCUT2D eigenvalue weighted by molar-refractivity contribution is 9.10. The van der Waals surface area contributed by atoms with Crippen LogP contribution in [0.15, 0.2) is 53.0 Å². The van der Waals surface area contributed by atoms with Crippen molar-refractivity contribution in [3.05, 3.63) is 64.1 Å². The lowest BCUT2D eigenvalue weighted by Crippen LogP contribution is -2.31. The fraction of sp³-hybridized carbons (Fsp3) is 0.235. The van der Waals surface area contributed by atoms with Gasteiger partial charge in [-0.25, -0.2) is 0 Å². The number of fused-ring (bicyclic) bond motifs is 1. The van der Waals surface area contributed by atoms with Crippen LogP contribution in [0.4, 0.5) is 0 Å². The lowest BCUT2D eigenvalue weighted by molar-refractivity contribution is -0.123. The monoisotopic (exact) mass is 345 g/mol. The van der Waals surface area contributed by atoms with Crippen LogP contribution in [0.5, 0.6) is 5.75 Å². The van der Waals surface area contributed by atoms with Crippen LogP contribution in [-0.2, 0) is 11.2 Å². The van der Waals surface area contributed by atoms with Crippen molar-refractivity contribution in [2.45, 2.75) is 18.9 Å². The van der Waals surface area contributed by atoms with Gasteiger partial charge in [0.1, 0.15) is 5.75 Å². The van der Waals surface area contributed by atoms with Crippen molar-refractivity contribution in [3.8, 4) is 5.75 Å². The summed E-state index contributed by atoms with van der Waals surface area (Å²) in [5.74, 6) is 0.600. The second-order valence-corrected chi connectivity index (χ2v) is 6.02. The smallest absolute Gasteiger partial charge is 0.258 e. The lowest BCUT2D eigenvalue weighted by atomic mass is 10.1. The summed E-state index contributed by atoms with van der Waals surface area (Å²) in [5.41, 5.74) is 2.56. The summed E-state index contributed by atoms with van der Waals surface area (Å²) in [6.45, 7) is 0.0368. The van der Waals surface area contributed by atoms with Gasteiger partial charge in [0.15, 0.2) is 6.61 Å². The fourth-order valence-corrected chi connectivity index (χ4v) is 3.03. The maximum absolute atomic E-state index is 12.0.